The Labute approximate surface area is 56.1 Å². The molecule has 0 bridgehead atoms. The van der Waals surface area contributed by atoms with Crippen LogP contribution in [0.25, 0.3) is 0 Å². The second kappa shape index (κ2) is 7.66. The number of hydrogen-bond donors (Lipinski definition) is 1. The summed E-state index contributed by atoms with van der Waals surface area (Å²) in [5.41, 5.74) is 0. The molecular weight excluding hydrogens is 116 g/mol. The molecule has 0 amide bonds. The maximum atomic E-state index is 8.36. The molecule has 0 unspecified atom stereocenters. The molecule has 0 aromatic heterocycles. The van der Waals surface area contributed by atoms with E-state index >= 15 is 0 Å². The number of hydrogen-bond acceptors (Lipinski definition) is 2. The molecule has 0 radical (unpaired) electrons. The highest BCUT2D eigenvalue weighted by Gasteiger charge is 1.77. The first-order chi connectivity index (χ1) is 4.41. The molecule has 0 rings (SSSR count). The Morgan fingerprint density at radius 3 is 2.78 bits per heavy atom. The largest absolute Gasteiger partial charge is 0.396 e. The van der Waals surface area contributed by atoms with Crippen LogP contribution in [0.2, 0.25) is 0 Å². The van der Waals surface area contributed by atoms with E-state index in [2.05, 4.69) is 0 Å². The van der Waals surface area contributed by atoms with Crippen LogP contribution in [-0.4, -0.2) is 25.4 Å². The summed E-state index contributed by atoms with van der Waals surface area (Å²) >= 11 is 0. The fraction of sp³-hybridized carbons (Fsp3) is 0.714. The van der Waals surface area contributed by atoms with Gasteiger partial charge in [0.05, 0.1) is 6.61 Å². The molecule has 0 aromatic rings. The van der Waals surface area contributed by atoms with Crippen molar-refractivity contribution in [1.82, 2.24) is 0 Å². The Morgan fingerprint density at radius 2 is 2.22 bits per heavy atom. The van der Waals surface area contributed by atoms with Crippen LogP contribution in [0, 0.1) is 0 Å². The van der Waals surface area contributed by atoms with E-state index in [4.69, 9.17) is 9.84 Å². The lowest BCUT2D eigenvalue weighted by Gasteiger charge is -1.88. The van der Waals surface area contributed by atoms with Crippen LogP contribution in [0.3, 0.4) is 0 Å². The van der Waals surface area contributed by atoms with Crippen molar-refractivity contribution in [2.45, 2.75) is 12.8 Å². The van der Waals surface area contributed by atoms with Crippen molar-refractivity contribution in [3.63, 3.8) is 0 Å². The molecule has 0 fully saturated rings. The number of ether oxygens (including phenoxy) is 1. The van der Waals surface area contributed by atoms with Gasteiger partial charge in [0, 0.05) is 13.7 Å². The fourth-order valence-corrected chi connectivity index (χ4v) is 0.491. The van der Waals surface area contributed by atoms with Crippen LogP contribution in [-0.2, 0) is 4.74 Å². The Bertz CT molecular complexity index is 69.3. The Balaban J connectivity index is 2.86. The molecule has 0 heterocycles. The standard InChI is InChI=1S/C7H14O2/c1-9-7-5-3-2-4-6-8/h3,5,8H,2,4,6-7H2,1H3/b5-3+. The molecule has 1 N–H and O–H groups in total. The average Bonchev–Trinajstić information content (AvgIpc) is 1.89. The van der Waals surface area contributed by atoms with Gasteiger partial charge < -0.3 is 9.84 Å². The van der Waals surface area contributed by atoms with Crippen molar-refractivity contribution in [2.24, 2.45) is 0 Å². The van der Waals surface area contributed by atoms with E-state index in [1.807, 2.05) is 12.2 Å². The minimum Gasteiger partial charge on any atom is -0.396 e. The van der Waals surface area contributed by atoms with E-state index in [0.717, 1.165) is 12.8 Å². The summed E-state index contributed by atoms with van der Waals surface area (Å²) in [6, 6.07) is 0. The van der Waals surface area contributed by atoms with Gasteiger partial charge in [0.25, 0.3) is 0 Å². The molecule has 0 aliphatic heterocycles. The number of unbranched alkanes of at least 4 members (excludes halogenated alkanes) is 1. The maximum absolute atomic E-state index is 8.36. The van der Waals surface area contributed by atoms with Crippen LogP contribution in [0.1, 0.15) is 12.8 Å². The third-order valence-corrected chi connectivity index (χ3v) is 0.958. The second-order valence-electron chi connectivity index (χ2n) is 1.79. The van der Waals surface area contributed by atoms with Crippen LogP contribution < -0.4 is 0 Å². The maximum Gasteiger partial charge on any atom is 0.0643 e. The van der Waals surface area contributed by atoms with Crippen LogP contribution in [0.5, 0.6) is 0 Å². The Morgan fingerprint density at radius 1 is 1.44 bits per heavy atom. The van der Waals surface area contributed by atoms with Gasteiger partial charge in [-0.05, 0) is 12.8 Å². The first-order valence-corrected chi connectivity index (χ1v) is 3.16. The highest BCUT2D eigenvalue weighted by Crippen LogP contribution is 1.88. The molecule has 0 atom stereocenters. The SMILES string of the molecule is COC/C=C/CCCO. The normalized spacial score (nSPS) is 10.9. The molecule has 9 heavy (non-hydrogen) atoms. The molecule has 0 aliphatic carbocycles. The molecule has 0 aliphatic rings. The number of methoxy groups -OCH3 is 1. The van der Waals surface area contributed by atoms with Crippen molar-refractivity contribution in [1.29, 1.82) is 0 Å². The van der Waals surface area contributed by atoms with Crippen LogP contribution in [0.4, 0.5) is 0 Å². The topological polar surface area (TPSA) is 29.5 Å². The number of allylic oxidation sites excluding steroid dienone is 1. The van der Waals surface area contributed by atoms with Crippen molar-refractivity contribution in [3.05, 3.63) is 12.2 Å². The van der Waals surface area contributed by atoms with Gasteiger partial charge in [0.2, 0.25) is 0 Å². The Hall–Kier alpha value is -0.340. The third kappa shape index (κ3) is 7.66. The average molecular weight is 130 g/mol. The summed E-state index contributed by atoms with van der Waals surface area (Å²) in [5, 5.41) is 8.36. The monoisotopic (exact) mass is 130 g/mol. The summed E-state index contributed by atoms with van der Waals surface area (Å²) in [6.07, 6.45) is 5.76. The minimum absolute atomic E-state index is 0.275. The zero-order valence-electron chi connectivity index (χ0n) is 5.84. The van der Waals surface area contributed by atoms with Crippen molar-refractivity contribution >= 4 is 0 Å². The van der Waals surface area contributed by atoms with Crippen molar-refractivity contribution in [2.75, 3.05) is 20.3 Å². The second-order valence-corrected chi connectivity index (χ2v) is 1.79. The van der Waals surface area contributed by atoms with Gasteiger partial charge in [-0.25, -0.2) is 0 Å². The predicted molar refractivity (Wildman–Crippen MR) is 37.3 cm³/mol. The van der Waals surface area contributed by atoms with Crippen LogP contribution >= 0.6 is 0 Å². The van der Waals surface area contributed by atoms with Crippen LogP contribution in [0.15, 0.2) is 12.2 Å². The zero-order chi connectivity index (χ0) is 6.95. The molecule has 2 heteroatoms. The Kier molecular flexibility index (Phi) is 7.37. The predicted octanol–water partition coefficient (Wildman–Crippen LogP) is 0.962. The van der Waals surface area contributed by atoms with E-state index in [1.165, 1.54) is 0 Å². The van der Waals surface area contributed by atoms with Crippen molar-refractivity contribution in [3.8, 4) is 0 Å². The summed E-state index contributed by atoms with van der Waals surface area (Å²) in [5.74, 6) is 0. The third-order valence-electron chi connectivity index (χ3n) is 0.958. The zero-order valence-corrected chi connectivity index (χ0v) is 5.84. The first kappa shape index (κ1) is 8.66. The highest BCUT2D eigenvalue weighted by molar-refractivity contribution is 4.80. The van der Waals surface area contributed by atoms with Gasteiger partial charge in [0.15, 0.2) is 0 Å². The molecule has 2 nitrogen and oxygen atoms in total. The molecule has 0 spiro atoms. The summed E-state index contributed by atoms with van der Waals surface area (Å²) in [4.78, 5) is 0. The van der Waals surface area contributed by atoms with Gasteiger partial charge in [0.1, 0.15) is 0 Å². The minimum atomic E-state index is 0.275. The fourth-order valence-electron chi connectivity index (χ4n) is 0.491. The smallest absolute Gasteiger partial charge is 0.0643 e. The van der Waals surface area contributed by atoms with Gasteiger partial charge in [-0.15, -0.1) is 0 Å². The lowest BCUT2D eigenvalue weighted by Crippen LogP contribution is -1.82. The van der Waals surface area contributed by atoms with E-state index in [1.54, 1.807) is 7.11 Å². The molecule has 54 valence electrons. The number of rotatable bonds is 5. The lowest BCUT2D eigenvalue weighted by atomic mass is 10.3. The summed E-state index contributed by atoms with van der Waals surface area (Å²) < 4.78 is 4.77. The molecule has 0 saturated heterocycles. The quantitative estimate of drug-likeness (QED) is 0.443. The van der Waals surface area contributed by atoms with E-state index < -0.39 is 0 Å². The molecule has 0 saturated carbocycles. The van der Waals surface area contributed by atoms with E-state index in [9.17, 15) is 0 Å². The van der Waals surface area contributed by atoms with Gasteiger partial charge in [-0.1, -0.05) is 12.2 Å². The van der Waals surface area contributed by atoms with E-state index in [-0.39, 0.29) is 6.61 Å². The van der Waals surface area contributed by atoms with Gasteiger partial charge >= 0.3 is 0 Å². The van der Waals surface area contributed by atoms with Gasteiger partial charge in [-0.2, -0.15) is 0 Å². The van der Waals surface area contributed by atoms with Gasteiger partial charge in [-0.3, -0.25) is 0 Å². The highest BCUT2D eigenvalue weighted by atomic mass is 16.5. The molecule has 0 aromatic carbocycles. The summed E-state index contributed by atoms with van der Waals surface area (Å²) in [6.45, 7) is 0.947. The first-order valence-electron chi connectivity index (χ1n) is 3.16. The molecular formula is C7H14O2. The summed E-state index contributed by atoms with van der Waals surface area (Å²) in [7, 11) is 1.66. The van der Waals surface area contributed by atoms with Crippen molar-refractivity contribution < 1.29 is 9.84 Å². The van der Waals surface area contributed by atoms with E-state index in [0.29, 0.717) is 6.61 Å². The number of aliphatic hydroxyl groups excluding tert-OH is 1. The number of aliphatic hydroxyl groups is 1. The lowest BCUT2D eigenvalue weighted by molar-refractivity contribution is 0.233.